The van der Waals surface area contributed by atoms with Gasteiger partial charge in [-0.1, -0.05) is 5.16 Å². The summed E-state index contributed by atoms with van der Waals surface area (Å²) in [5, 5.41) is 13.1. The lowest BCUT2D eigenvalue weighted by atomic mass is 10.3. The molecule has 0 saturated carbocycles. The first-order chi connectivity index (χ1) is 7.50. The first kappa shape index (κ1) is 11.9. The number of rotatable bonds is 5. The van der Waals surface area contributed by atoms with Crippen molar-refractivity contribution in [2.24, 2.45) is 5.16 Å². The number of hydrogen-bond acceptors (Lipinski definition) is 7. The third kappa shape index (κ3) is 3.20. The van der Waals surface area contributed by atoms with E-state index in [0.717, 1.165) is 11.3 Å². The number of hydrogen-bond donors (Lipinski definition) is 2. The second-order valence-electron chi connectivity index (χ2n) is 2.51. The van der Waals surface area contributed by atoms with Gasteiger partial charge in [-0.15, -0.1) is 11.3 Å². The van der Waals surface area contributed by atoms with Crippen molar-refractivity contribution in [3.8, 4) is 0 Å². The molecule has 0 aliphatic carbocycles. The Bertz CT molecular complexity index is 441. The number of aliphatic carboxylic acids is 1. The Balaban J connectivity index is 2.83. The van der Waals surface area contributed by atoms with Gasteiger partial charge in [0.15, 0.2) is 10.8 Å². The fourth-order valence-electron chi connectivity index (χ4n) is 0.753. The molecule has 0 unspecified atom stereocenters. The van der Waals surface area contributed by atoms with Crippen molar-refractivity contribution in [2.45, 2.75) is 0 Å². The van der Waals surface area contributed by atoms with Crippen LogP contribution in [0.2, 0.25) is 0 Å². The van der Waals surface area contributed by atoms with E-state index in [9.17, 15) is 9.59 Å². The van der Waals surface area contributed by atoms with Crippen LogP contribution in [0.25, 0.3) is 0 Å². The molecule has 9 heteroatoms. The van der Waals surface area contributed by atoms with Gasteiger partial charge in [0.25, 0.3) is 5.91 Å². The number of amides is 1. The summed E-state index contributed by atoms with van der Waals surface area (Å²) in [5.74, 6) is -2.37. The normalized spacial score (nSPS) is 11.1. The Kier molecular flexibility index (Phi) is 3.78. The molecular formula is C7H7N4O4S. The molecule has 1 rings (SSSR count). The molecule has 0 spiro atoms. The number of carbonyl (C=O) groups is 2. The summed E-state index contributed by atoms with van der Waals surface area (Å²) in [4.78, 5) is 29.1. The first-order valence-corrected chi connectivity index (χ1v) is 4.77. The maximum atomic E-state index is 10.9. The topological polar surface area (TPSA) is 139 Å². The van der Waals surface area contributed by atoms with Crippen LogP contribution in [0.4, 0.5) is 5.13 Å². The van der Waals surface area contributed by atoms with E-state index in [4.69, 9.17) is 16.6 Å². The van der Waals surface area contributed by atoms with Crippen LogP contribution in [-0.4, -0.2) is 34.3 Å². The lowest BCUT2D eigenvalue weighted by molar-refractivity contribution is -0.142. The predicted molar refractivity (Wildman–Crippen MR) is 54.8 cm³/mol. The molecule has 1 heterocycles. The highest BCUT2D eigenvalue weighted by Crippen LogP contribution is 2.12. The number of carboxylic acids is 1. The van der Waals surface area contributed by atoms with Crippen LogP contribution in [0.15, 0.2) is 10.5 Å². The number of nitrogens with two attached hydrogens (primary N) is 1. The highest BCUT2D eigenvalue weighted by atomic mass is 32.1. The SMILES string of the molecule is [NH]C(=O)/C(=N\OCC(=O)O)c1csc(N)n1. The van der Waals surface area contributed by atoms with E-state index >= 15 is 0 Å². The third-order valence-corrected chi connectivity index (χ3v) is 2.00. The summed E-state index contributed by atoms with van der Waals surface area (Å²) >= 11 is 1.07. The van der Waals surface area contributed by atoms with Crippen molar-refractivity contribution in [1.29, 1.82) is 0 Å². The summed E-state index contributed by atoms with van der Waals surface area (Å²) in [7, 11) is 0. The Morgan fingerprint density at radius 2 is 2.38 bits per heavy atom. The van der Waals surface area contributed by atoms with E-state index in [1.807, 2.05) is 0 Å². The maximum Gasteiger partial charge on any atom is 0.344 e. The summed E-state index contributed by atoms with van der Waals surface area (Å²) in [6, 6.07) is 0. The minimum atomic E-state index is -1.24. The van der Waals surface area contributed by atoms with Crippen molar-refractivity contribution in [3.63, 3.8) is 0 Å². The quantitative estimate of drug-likeness (QED) is 0.519. The zero-order chi connectivity index (χ0) is 12.1. The molecule has 0 aliphatic heterocycles. The van der Waals surface area contributed by atoms with Gasteiger partial charge < -0.3 is 15.7 Å². The van der Waals surface area contributed by atoms with Crippen molar-refractivity contribution >= 4 is 34.1 Å². The fourth-order valence-corrected chi connectivity index (χ4v) is 1.30. The van der Waals surface area contributed by atoms with E-state index in [0.29, 0.717) is 0 Å². The van der Waals surface area contributed by atoms with Crippen LogP contribution in [0, 0.1) is 0 Å². The van der Waals surface area contributed by atoms with Crippen LogP contribution < -0.4 is 11.5 Å². The Hall–Kier alpha value is -2.16. The van der Waals surface area contributed by atoms with Gasteiger partial charge in [0.05, 0.1) is 0 Å². The van der Waals surface area contributed by atoms with E-state index in [1.54, 1.807) is 0 Å². The molecule has 1 amide bonds. The fraction of sp³-hybridized carbons (Fsp3) is 0.143. The average molecular weight is 243 g/mol. The van der Waals surface area contributed by atoms with Crippen LogP contribution in [0.5, 0.6) is 0 Å². The number of nitrogen functional groups attached to an aromatic ring is 1. The zero-order valence-electron chi connectivity index (χ0n) is 7.84. The van der Waals surface area contributed by atoms with Crippen molar-refractivity contribution in [2.75, 3.05) is 12.3 Å². The number of thiazole rings is 1. The smallest absolute Gasteiger partial charge is 0.344 e. The number of oxime groups is 1. The summed E-state index contributed by atoms with van der Waals surface area (Å²) < 4.78 is 0. The molecule has 1 radical (unpaired) electrons. The highest BCUT2D eigenvalue weighted by molar-refractivity contribution is 7.13. The molecule has 85 valence electrons. The molecule has 1 aromatic rings. The van der Waals surface area contributed by atoms with E-state index in [1.165, 1.54) is 5.38 Å². The molecule has 0 saturated heterocycles. The lowest BCUT2D eigenvalue weighted by Gasteiger charge is -1.97. The molecule has 0 bridgehead atoms. The van der Waals surface area contributed by atoms with Gasteiger partial charge in [-0.3, -0.25) is 10.5 Å². The average Bonchev–Trinajstić information content (AvgIpc) is 2.58. The number of aromatic nitrogens is 1. The zero-order valence-corrected chi connectivity index (χ0v) is 8.65. The lowest BCUT2D eigenvalue weighted by Crippen LogP contribution is -2.18. The maximum absolute atomic E-state index is 10.9. The predicted octanol–water partition coefficient (Wildman–Crippen LogP) is -0.660. The highest BCUT2D eigenvalue weighted by Gasteiger charge is 2.15. The molecule has 0 fully saturated rings. The van der Waals surface area contributed by atoms with Crippen LogP contribution in [-0.2, 0) is 14.4 Å². The van der Waals surface area contributed by atoms with Gasteiger partial charge in [-0.2, -0.15) is 0 Å². The minimum absolute atomic E-state index is 0.0906. The van der Waals surface area contributed by atoms with Crippen molar-refractivity contribution < 1.29 is 19.5 Å². The minimum Gasteiger partial charge on any atom is -0.479 e. The first-order valence-electron chi connectivity index (χ1n) is 3.89. The molecule has 0 aromatic carbocycles. The Labute approximate surface area is 93.5 Å². The van der Waals surface area contributed by atoms with Crippen LogP contribution in [0.3, 0.4) is 0 Å². The largest absolute Gasteiger partial charge is 0.479 e. The Morgan fingerprint density at radius 3 is 2.81 bits per heavy atom. The molecule has 8 nitrogen and oxygen atoms in total. The van der Waals surface area contributed by atoms with Gasteiger partial charge in [0, 0.05) is 5.38 Å². The third-order valence-electron chi connectivity index (χ3n) is 1.32. The van der Waals surface area contributed by atoms with Gasteiger partial charge in [-0.25, -0.2) is 9.78 Å². The van der Waals surface area contributed by atoms with Crippen molar-refractivity contribution in [1.82, 2.24) is 10.7 Å². The van der Waals surface area contributed by atoms with E-state index in [2.05, 4.69) is 15.0 Å². The molecule has 0 aliphatic rings. The molecule has 4 N–H and O–H groups in total. The monoisotopic (exact) mass is 243 g/mol. The number of anilines is 1. The van der Waals surface area contributed by atoms with E-state index < -0.39 is 18.5 Å². The van der Waals surface area contributed by atoms with Gasteiger partial charge in [0.1, 0.15) is 5.69 Å². The second kappa shape index (κ2) is 5.07. The molecule has 1 aromatic heterocycles. The number of carbonyl (C=O) groups excluding carboxylic acids is 1. The van der Waals surface area contributed by atoms with Gasteiger partial charge >= 0.3 is 5.97 Å². The van der Waals surface area contributed by atoms with Crippen molar-refractivity contribution in [3.05, 3.63) is 11.1 Å². The Morgan fingerprint density at radius 1 is 1.69 bits per heavy atom. The summed E-state index contributed by atoms with van der Waals surface area (Å²) in [6.45, 7) is -0.698. The van der Waals surface area contributed by atoms with E-state index in [-0.39, 0.29) is 16.5 Å². The molecule has 0 atom stereocenters. The number of nitrogens with one attached hydrogen (secondary N) is 1. The number of nitrogens with zero attached hydrogens (tertiary/aromatic N) is 2. The van der Waals surface area contributed by atoms with Gasteiger partial charge in [0.2, 0.25) is 6.61 Å². The second-order valence-corrected chi connectivity index (χ2v) is 3.40. The standard InChI is InChI=1S/C7H7N4O4S/c8-6(14)5(11-15-1-4(12)13)3-2-16-7(9)10-3/h2,8H,1H2,(H2,9,10)(H,12,13)/b11-5-. The van der Waals surface area contributed by atoms with Gasteiger partial charge in [-0.05, 0) is 0 Å². The van der Waals surface area contributed by atoms with Crippen LogP contribution >= 0.6 is 11.3 Å². The molecular weight excluding hydrogens is 236 g/mol. The summed E-state index contributed by atoms with van der Waals surface area (Å²) in [6.07, 6.45) is 0. The summed E-state index contributed by atoms with van der Waals surface area (Å²) in [5.41, 5.74) is 11.9. The molecule has 16 heavy (non-hydrogen) atoms. The number of carboxylic acid groups (broad SMARTS) is 1. The van der Waals surface area contributed by atoms with Crippen LogP contribution in [0.1, 0.15) is 5.69 Å².